The monoisotopic (exact) mass is 410 g/mol. The molecule has 2 N–H and O–H groups in total. The molecule has 0 heterocycles. The highest BCUT2D eigenvalue weighted by molar-refractivity contribution is 5.92. The summed E-state index contributed by atoms with van der Waals surface area (Å²) in [6, 6.07) is 7.34. The molecule has 0 amide bonds. The van der Waals surface area contributed by atoms with Gasteiger partial charge in [-0.3, -0.25) is 4.79 Å². The van der Waals surface area contributed by atoms with Crippen LogP contribution < -0.4 is 0 Å². The molecule has 0 saturated heterocycles. The van der Waals surface area contributed by atoms with Gasteiger partial charge in [0.25, 0.3) is 0 Å². The standard InChI is InChI=1S/C26H34O4/c1-25-11-9-16(27)13-15(25)7-8-19-21(25)10-12-26(2)22(28)14-20(23(19)26)17-5-3-4-6-18(17)24(29)30/h3-6,15-16,19-21,23,27H,7-14H2,1-2H3,(H,29,30)/t15-,16+,19+,20?,21-,23+,25-,26+/m0/s1. The average molecular weight is 411 g/mol. The molecule has 162 valence electrons. The van der Waals surface area contributed by atoms with Gasteiger partial charge in [0.2, 0.25) is 0 Å². The first kappa shape index (κ1) is 20.2. The number of aliphatic hydroxyl groups excluding tert-OH is 1. The van der Waals surface area contributed by atoms with Gasteiger partial charge in [-0.1, -0.05) is 32.0 Å². The van der Waals surface area contributed by atoms with Gasteiger partial charge in [-0.15, -0.1) is 0 Å². The van der Waals surface area contributed by atoms with E-state index in [1.807, 2.05) is 12.1 Å². The number of fused-ring (bicyclic) bond motifs is 5. The third-order valence-electron chi connectivity index (χ3n) is 9.96. The van der Waals surface area contributed by atoms with Crippen LogP contribution in [-0.4, -0.2) is 28.1 Å². The van der Waals surface area contributed by atoms with Gasteiger partial charge in [0.15, 0.2) is 0 Å². The second kappa shape index (κ2) is 6.91. The second-order valence-electron chi connectivity index (χ2n) is 11.1. The summed E-state index contributed by atoms with van der Waals surface area (Å²) in [6.45, 7) is 4.61. The first-order valence-corrected chi connectivity index (χ1v) is 11.8. The van der Waals surface area contributed by atoms with Crippen molar-refractivity contribution in [1.82, 2.24) is 0 Å². The summed E-state index contributed by atoms with van der Waals surface area (Å²) < 4.78 is 0. The first-order valence-electron chi connectivity index (χ1n) is 11.8. The van der Waals surface area contributed by atoms with Crippen molar-refractivity contribution < 1.29 is 19.8 Å². The minimum absolute atomic E-state index is 0.0110. The van der Waals surface area contributed by atoms with E-state index in [1.165, 1.54) is 0 Å². The molecular weight excluding hydrogens is 376 g/mol. The molecule has 0 aliphatic heterocycles. The number of carbonyl (C=O) groups is 2. The summed E-state index contributed by atoms with van der Waals surface area (Å²) in [4.78, 5) is 25.2. The molecule has 4 aliphatic carbocycles. The molecule has 30 heavy (non-hydrogen) atoms. The third kappa shape index (κ3) is 2.75. The summed E-state index contributed by atoms with van der Waals surface area (Å²) in [5, 5.41) is 20.1. The number of aromatic carboxylic acids is 1. The zero-order valence-corrected chi connectivity index (χ0v) is 18.1. The quantitative estimate of drug-likeness (QED) is 0.715. The predicted molar refractivity (Wildman–Crippen MR) is 114 cm³/mol. The van der Waals surface area contributed by atoms with Gasteiger partial charge < -0.3 is 10.2 Å². The molecule has 1 aromatic rings. The normalized spacial score (nSPS) is 45.4. The maximum atomic E-state index is 13.3. The summed E-state index contributed by atoms with van der Waals surface area (Å²) in [7, 11) is 0. The van der Waals surface area contributed by atoms with Gasteiger partial charge in [-0.05, 0) is 91.6 Å². The van der Waals surface area contributed by atoms with Crippen molar-refractivity contribution >= 4 is 11.8 Å². The lowest BCUT2D eigenvalue weighted by Gasteiger charge is -2.60. The second-order valence-corrected chi connectivity index (χ2v) is 11.1. The fraction of sp³-hybridized carbons (Fsp3) is 0.692. The lowest BCUT2D eigenvalue weighted by atomic mass is 9.44. The number of hydrogen-bond acceptors (Lipinski definition) is 3. The number of hydrogen-bond donors (Lipinski definition) is 2. The number of rotatable bonds is 2. The minimum atomic E-state index is -0.893. The van der Waals surface area contributed by atoms with Crippen molar-refractivity contribution in [3.63, 3.8) is 0 Å². The highest BCUT2D eigenvalue weighted by Crippen LogP contribution is 2.68. The Bertz CT molecular complexity index is 878. The van der Waals surface area contributed by atoms with Crippen LogP contribution in [0, 0.1) is 34.5 Å². The van der Waals surface area contributed by atoms with Crippen LogP contribution in [-0.2, 0) is 4.79 Å². The number of carbonyl (C=O) groups excluding carboxylic acids is 1. The van der Waals surface area contributed by atoms with Gasteiger partial charge in [0.05, 0.1) is 11.7 Å². The minimum Gasteiger partial charge on any atom is -0.478 e. The van der Waals surface area contributed by atoms with E-state index in [2.05, 4.69) is 13.8 Å². The molecule has 1 aromatic carbocycles. The van der Waals surface area contributed by atoms with Crippen LogP contribution >= 0.6 is 0 Å². The predicted octanol–water partition coefficient (Wildman–Crippen LogP) is 5.05. The smallest absolute Gasteiger partial charge is 0.335 e. The summed E-state index contributed by atoms with van der Waals surface area (Å²) >= 11 is 0. The molecule has 8 atom stereocenters. The molecule has 0 spiro atoms. The number of carboxylic acids is 1. The lowest BCUT2D eigenvalue weighted by molar-refractivity contribution is -0.143. The van der Waals surface area contributed by atoms with Crippen LogP contribution in [0.25, 0.3) is 0 Å². The summed E-state index contributed by atoms with van der Waals surface area (Å²) in [6.07, 6.45) is 7.47. The van der Waals surface area contributed by atoms with Gasteiger partial charge in [-0.2, -0.15) is 0 Å². The van der Waals surface area contributed by atoms with Crippen molar-refractivity contribution in [3.05, 3.63) is 35.4 Å². The fourth-order valence-electron chi connectivity index (χ4n) is 8.43. The van der Waals surface area contributed by atoms with Crippen LogP contribution in [0.5, 0.6) is 0 Å². The van der Waals surface area contributed by atoms with Crippen LogP contribution in [0.15, 0.2) is 24.3 Å². The fourth-order valence-corrected chi connectivity index (χ4v) is 8.43. The van der Waals surface area contributed by atoms with Gasteiger partial charge in [0.1, 0.15) is 5.78 Å². The number of aliphatic hydroxyl groups is 1. The van der Waals surface area contributed by atoms with Crippen molar-refractivity contribution in [1.29, 1.82) is 0 Å². The molecule has 4 fully saturated rings. The van der Waals surface area contributed by atoms with Gasteiger partial charge in [0, 0.05) is 11.8 Å². The zero-order valence-electron chi connectivity index (χ0n) is 18.1. The Balaban J connectivity index is 1.56. The molecular formula is C26H34O4. The van der Waals surface area contributed by atoms with E-state index in [1.54, 1.807) is 12.1 Å². The van der Waals surface area contributed by atoms with E-state index in [9.17, 15) is 19.8 Å². The van der Waals surface area contributed by atoms with E-state index in [-0.39, 0.29) is 28.8 Å². The number of ketones is 1. The van der Waals surface area contributed by atoms with Crippen LogP contribution in [0.2, 0.25) is 0 Å². The zero-order chi connectivity index (χ0) is 21.3. The Morgan fingerprint density at radius 2 is 1.83 bits per heavy atom. The summed E-state index contributed by atoms with van der Waals surface area (Å²) in [5.74, 6) is 1.31. The SMILES string of the molecule is C[C@]12CC[C@@H](O)C[C@@H]1CC[C@@H]1[C@@H]2CC[C@]2(C)C(=O)CC(c3ccccc3C(=O)O)[C@@H]12. The van der Waals surface area contributed by atoms with Gasteiger partial charge >= 0.3 is 5.97 Å². The van der Waals surface area contributed by atoms with E-state index in [0.717, 1.165) is 50.5 Å². The van der Waals surface area contributed by atoms with Crippen LogP contribution in [0.4, 0.5) is 0 Å². The number of benzene rings is 1. The highest BCUT2D eigenvalue weighted by atomic mass is 16.4. The molecule has 4 nitrogen and oxygen atoms in total. The van der Waals surface area contributed by atoms with E-state index < -0.39 is 5.97 Å². The molecule has 1 unspecified atom stereocenters. The molecule has 0 bridgehead atoms. The molecule has 4 heteroatoms. The summed E-state index contributed by atoms with van der Waals surface area (Å²) in [5.41, 5.74) is 1.14. The molecule has 0 aromatic heterocycles. The van der Waals surface area contributed by atoms with Crippen LogP contribution in [0.1, 0.15) is 87.1 Å². The Morgan fingerprint density at radius 1 is 1.07 bits per heavy atom. The maximum Gasteiger partial charge on any atom is 0.335 e. The number of carboxylic acid groups (broad SMARTS) is 1. The third-order valence-corrected chi connectivity index (χ3v) is 9.96. The van der Waals surface area contributed by atoms with Crippen LogP contribution in [0.3, 0.4) is 0 Å². The van der Waals surface area contributed by atoms with Crippen molar-refractivity contribution in [2.24, 2.45) is 34.5 Å². The van der Waals surface area contributed by atoms with Gasteiger partial charge in [-0.25, -0.2) is 4.79 Å². The lowest BCUT2D eigenvalue weighted by Crippen LogP contribution is -2.54. The Morgan fingerprint density at radius 3 is 2.60 bits per heavy atom. The Labute approximate surface area is 179 Å². The van der Waals surface area contributed by atoms with Crippen molar-refractivity contribution in [2.75, 3.05) is 0 Å². The van der Waals surface area contributed by atoms with E-state index >= 15 is 0 Å². The van der Waals surface area contributed by atoms with Crippen molar-refractivity contribution in [3.8, 4) is 0 Å². The molecule has 0 radical (unpaired) electrons. The highest BCUT2D eigenvalue weighted by Gasteiger charge is 2.63. The number of Topliss-reactive ketones (excluding diaryl/α,β-unsaturated/α-hetero) is 1. The Hall–Kier alpha value is -1.68. The van der Waals surface area contributed by atoms with E-state index in [0.29, 0.717) is 35.5 Å². The largest absolute Gasteiger partial charge is 0.478 e. The Kier molecular flexibility index (Phi) is 4.66. The molecule has 5 rings (SSSR count). The maximum absolute atomic E-state index is 13.3. The first-order chi connectivity index (χ1) is 14.3. The molecule has 4 saturated carbocycles. The average Bonchev–Trinajstić information content (AvgIpc) is 2.99. The van der Waals surface area contributed by atoms with Crippen molar-refractivity contribution in [2.45, 2.75) is 77.2 Å². The molecule has 4 aliphatic rings. The van der Waals surface area contributed by atoms with E-state index in [4.69, 9.17) is 0 Å². The topological polar surface area (TPSA) is 74.6 Å².